The lowest BCUT2D eigenvalue weighted by atomic mass is 10.2. The number of nitrogens with one attached hydrogen (secondary N) is 2. The zero-order chi connectivity index (χ0) is 18.6. The largest absolute Gasteiger partial charge is 0.365 e. The third-order valence-electron chi connectivity index (χ3n) is 4.08. The van der Waals surface area contributed by atoms with Crippen LogP contribution in [0.25, 0.3) is 10.9 Å². The molecule has 0 fully saturated rings. The van der Waals surface area contributed by atoms with Crippen molar-refractivity contribution >= 4 is 40.8 Å². The van der Waals surface area contributed by atoms with Crippen LogP contribution in [0.1, 0.15) is 5.56 Å². The Morgan fingerprint density at radius 2 is 1.39 bits per heavy atom. The van der Waals surface area contributed by atoms with Gasteiger partial charge in [0.05, 0.1) is 5.52 Å². The third kappa shape index (κ3) is 4.53. The predicted octanol–water partition coefficient (Wildman–Crippen LogP) is 5.69. The number of rotatable bonds is 5. The maximum atomic E-state index is 13.1. The summed E-state index contributed by atoms with van der Waals surface area (Å²) in [6.45, 7) is 0.497. The first kappa shape index (κ1) is 19.5. The minimum Gasteiger partial charge on any atom is -0.365 e. The van der Waals surface area contributed by atoms with Gasteiger partial charge in [-0.15, -0.1) is 12.4 Å². The molecule has 0 saturated carbocycles. The molecule has 3 aromatic carbocycles. The molecule has 0 aliphatic carbocycles. The standard InChI is InChI=1S/C21H16F2N4.ClH/c22-15-7-5-14(6-8-15)13-24-20-18-3-1-2-4-19(18)26-21(27-20)25-17-11-9-16(23)10-12-17;/h1-12H,13H2,(H2,24,25,26,27);1H. The van der Waals surface area contributed by atoms with Crippen molar-refractivity contribution < 1.29 is 8.78 Å². The van der Waals surface area contributed by atoms with Crippen molar-refractivity contribution in [2.24, 2.45) is 0 Å². The van der Waals surface area contributed by atoms with E-state index in [-0.39, 0.29) is 24.0 Å². The number of fused-ring (bicyclic) bond motifs is 1. The highest BCUT2D eigenvalue weighted by atomic mass is 35.5. The monoisotopic (exact) mass is 398 g/mol. The average Bonchev–Trinajstić information content (AvgIpc) is 2.69. The Kier molecular flexibility index (Phi) is 6.01. The van der Waals surface area contributed by atoms with Crippen molar-refractivity contribution in [2.45, 2.75) is 6.54 Å². The fraction of sp³-hybridized carbons (Fsp3) is 0.0476. The van der Waals surface area contributed by atoms with Gasteiger partial charge in [-0.1, -0.05) is 24.3 Å². The molecule has 0 amide bonds. The van der Waals surface area contributed by atoms with Gasteiger partial charge < -0.3 is 10.6 Å². The van der Waals surface area contributed by atoms with E-state index in [2.05, 4.69) is 20.6 Å². The second-order valence-electron chi connectivity index (χ2n) is 6.02. The van der Waals surface area contributed by atoms with Gasteiger partial charge in [-0.3, -0.25) is 0 Å². The van der Waals surface area contributed by atoms with Crippen LogP contribution < -0.4 is 10.6 Å². The molecule has 7 heteroatoms. The molecule has 0 saturated heterocycles. The smallest absolute Gasteiger partial charge is 0.229 e. The molecule has 0 atom stereocenters. The van der Waals surface area contributed by atoms with E-state index in [0.29, 0.717) is 24.0 Å². The molecule has 0 spiro atoms. The summed E-state index contributed by atoms with van der Waals surface area (Å²) < 4.78 is 26.2. The van der Waals surface area contributed by atoms with Gasteiger partial charge in [0, 0.05) is 17.6 Å². The maximum Gasteiger partial charge on any atom is 0.229 e. The number of hydrogen-bond acceptors (Lipinski definition) is 4. The summed E-state index contributed by atoms with van der Waals surface area (Å²) in [5.74, 6) is 0.495. The molecular formula is C21H17ClF2N4. The zero-order valence-corrected chi connectivity index (χ0v) is 15.5. The van der Waals surface area contributed by atoms with Gasteiger partial charge in [-0.25, -0.2) is 13.8 Å². The van der Waals surface area contributed by atoms with Crippen LogP contribution in [-0.4, -0.2) is 9.97 Å². The molecular weight excluding hydrogens is 382 g/mol. The molecule has 1 aromatic heterocycles. The summed E-state index contributed by atoms with van der Waals surface area (Å²) in [5.41, 5.74) is 2.40. The molecule has 2 N–H and O–H groups in total. The quantitative estimate of drug-likeness (QED) is 0.453. The molecule has 0 aliphatic heterocycles. The molecule has 1 heterocycles. The first-order valence-electron chi connectivity index (χ1n) is 8.45. The summed E-state index contributed by atoms with van der Waals surface area (Å²) in [5, 5.41) is 7.25. The second-order valence-corrected chi connectivity index (χ2v) is 6.02. The second kappa shape index (κ2) is 8.63. The number of aromatic nitrogens is 2. The topological polar surface area (TPSA) is 49.8 Å². The Labute approximate surface area is 167 Å². The molecule has 142 valence electrons. The van der Waals surface area contributed by atoms with Crippen molar-refractivity contribution in [3.8, 4) is 0 Å². The van der Waals surface area contributed by atoms with E-state index in [4.69, 9.17) is 0 Å². The lowest BCUT2D eigenvalue weighted by molar-refractivity contribution is 0.627. The van der Waals surface area contributed by atoms with Gasteiger partial charge in [-0.2, -0.15) is 4.98 Å². The fourth-order valence-electron chi connectivity index (χ4n) is 2.72. The summed E-state index contributed by atoms with van der Waals surface area (Å²) in [4.78, 5) is 9.06. The van der Waals surface area contributed by atoms with Crippen molar-refractivity contribution in [1.29, 1.82) is 0 Å². The van der Waals surface area contributed by atoms with Crippen LogP contribution in [0, 0.1) is 11.6 Å². The molecule has 0 bridgehead atoms. The Morgan fingerprint density at radius 1 is 0.750 bits per heavy atom. The summed E-state index contributed by atoms with van der Waals surface area (Å²) in [7, 11) is 0. The van der Waals surface area contributed by atoms with Gasteiger partial charge in [0.15, 0.2) is 0 Å². The van der Waals surface area contributed by atoms with Crippen LogP contribution in [-0.2, 0) is 6.54 Å². The molecule has 4 nitrogen and oxygen atoms in total. The van der Waals surface area contributed by atoms with Gasteiger partial charge in [0.2, 0.25) is 5.95 Å². The maximum absolute atomic E-state index is 13.1. The Bertz CT molecular complexity index is 1070. The van der Waals surface area contributed by atoms with Gasteiger partial charge in [0.1, 0.15) is 17.5 Å². The van der Waals surface area contributed by atoms with Gasteiger partial charge >= 0.3 is 0 Å². The van der Waals surface area contributed by atoms with Crippen LogP contribution >= 0.6 is 12.4 Å². The molecule has 4 rings (SSSR count). The Balaban J connectivity index is 0.00000225. The summed E-state index contributed by atoms with van der Waals surface area (Å²) in [6.07, 6.45) is 0. The first-order chi connectivity index (χ1) is 13.2. The van der Waals surface area contributed by atoms with Gasteiger partial charge in [-0.05, 0) is 54.1 Å². The number of para-hydroxylation sites is 1. The predicted molar refractivity (Wildman–Crippen MR) is 110 cm³/mol. The number of benzene rings is 3. The van der Waals surface area contributed by atoms with Crippen LogP contribution in [0.5, 0.6) is 0 Å². The van der Waals surface area contributed by atoms with E-state index in [1.54, 1.807) is 24.3 Å². The number of nitrogens with zero attached hydrogens (tertiary/aromatic N) is 2. The first-order valence-corrected chi connectivity index (χ1v) is 8.45. The lowest BCUT2D eigenvalue weighted by Gasteiger charge is -2.12. The summed E-state index contributed by atoms with van der Waals surface area (Å²) in [6, 6.07) is 20.0. The molecule has 0 unspecified atom stereocenters. The van der Waals surface area contributed by atoms with Crippen molar-refractivity contribution in [1.82, 2.24) is 9.97 Å². The van der Waals surface area contributed by atoms with Crippen LogP contribution in [0.4, 0.5) is 26.2 Å². The zero-order valence-electron chi connectivity index (χ0n) is 14.7. The molecule has 0 aliphatic rings. The van der Waals surface area contributed by atoms with Crippen LogP contribution in [0.2, 0.25) is 0 Å². The number of halogens is 3. The van der Waals surface area contributed by atoms with Crippen molar-refractivity contribution in [3.05, 3.63) is 90.0 Å². The number of anilines is 3. The number of hydrogen-bond donors (Lipinski definition) is 2. The molecule has 4 aromatic rings. The van der Waals surface area contributed by atoms with Gasteiger partial charge in [0.25, 0.3) is 0 Å². The average molecular weight is 399 g/mol. The minimum absolute atomic E-state index is 0. The molecule has 28 heavy (non-hydrogen) atoms. The van der Waals surface area contributed by atoms with Crippen molar-refractivity contribution in [3.63, 3.8) is 0 Å². The van der Waals surface area contributed by atoms with Crippen LogP contribution in [0.3, 0.4) is 0 Å². The highest BCUT2D eigenvalue weighted by molar-refractivity contribution is 5.90. The van der Waals surface area contributed by atoms with E-state index >= 15 is 0 Å². The molecule has 0 radical (unpaired) electrons. The van der Waals surface area contributed by atoms with E-state index in [1.165, 1.54) is 24.3 Å². The SMILES string of the molecule is Cl.Fc1ccc(CNc2nc(Nc3ccc(F)cc3)nc3ccccc23)cc1. The normalized spacial score (nSPS) is 10.4. The van der Waals surface area contributed by atoms with E-state index in [0.717, 1.165) is 16.5 Å². The Hall–Kier alpha value is -3.25. The van der Waals surface area contributed by atoms with Crippen LogP contribution in [0.15, 0.2) is 72.8 Å². The van der Waals surface area contributed by atoms with E-state index in [1.807, 2.05) is 24.3 Å². The minimum atomic E-state index is -0.304. The van der Waals surface area contributed by atoms with E-state index < -0.39 is 0 Å². The highest BCUT2D eigenvalue weighted by Gasteiger charge is 2.08. The lowest BCUT2D eigenvalue weighted by Crippen LogP contribution is -2.05. The fourth-order valence-corrected chi connectivity index (χ4v) is 2.72. The van der Waals surface area contributed by atoms with Crippen molar-refractivity contribution in [2.75, 3.05) is 10.6 Å². The summed E-state index contributed by atoms with van der Waals surface area (Å²) >= 11 is 0. The third-order valence-corrected chi connectivity index (χ3v) is 4.08. The Morgan fingerprint density at radius 3 is 2.11 bits per heavy atom. The highest BCUT2D eigenvalue weighted by Crippen LogP contribution is 2.24. The van der Waals surface area contributed by atoms with E-state index in [9.17, 15) is 8.78 Å².